The lowest BCUT2D eigenvalue weighted by Crippen LogP contribution is -2.44. The van der Waals surface area contributed by atoms with Crippen LogP contribution in [0.3, 0.4) is 0 Å². The Labute approximate surface area is 125 Å². The van der Waals surface area contributed by atoms with E-state index in [2.05, 4.69) is 9.80 Å². The van der Waals surface area contributed by atoms with Crippen molar-refractivity contribution in [3.05, 3.63) is 29.6 Å². The first-order valence-corrected chi connectivity index (χ1v) is 7.77. The SMILES string of the molecule is C[C@@H](N)c1c(F)cccc1N1CCC(N2CCOCC2)C1. The van der Waals surface area contributed by atoms with Crippen LogP contribution in [0.4, 0.5) is 10.1 Å². The van der Waals surface area contributed by atoms with Crippen LogP contribution in [0.5, 0.6) is 0 Å². The first-order chi connectivity index (χ1) is 10.2. The Morgan fingerprint density at radius 2 is 2.05 bits per heavy atom. The van der Waals surface area contributed by atoms with Gasteiger partial charge in [-0.2, -0.15) is 0 Å². The van der Waals surface area contributed by atoms with Gasteiger partial charge in [-0.15, -0.1) is 0 Å². The molecule has 21 heavy (non-hydrogen) atoms. The number of morpholine rings is 1. The topological polar surface area (TPSA) is 41.7 Å². The molecule has 2 atom stereocenters. The number of nitrogens with two attached hydrogens (primary N) is 1. The molecule has 5 heteroatoms. The van der Waals surface area contributed by atoms with Gasteiger partial charge in [-0.1, -0.05) is 6.07 Å². The van der Waals surface area contributed by atoms with Gasteiger partial charge in [-0.3, -0.25) is 4.90 Å². The normalized spacial score (nSPS) is 25.3. The average molecular weight is 293 g/mol. The maximum absolute atomic E-state index is 14.1. The van der Waals surface area contributed by atoms with Crippen molar-refractivity contribution < 1.29 is 9.13 Å². The average Bonchev–Trinajstić information content (AvgIpc) is 2.97. The van der Waals surface area contributed by atoms with Crippen molar-refractivity contribution in [1.29, 1.82) is 0 Å². The molecule has 0 saturated carbocycles. The van der Waals surface area contributed by atoms with Crippen LogP contribution in [-0.2, 0) is 4.74 Å². The monoisotopic (exact) mass is 293 g/mol. The van der Waals surface area contributed by atoms with E-state index in [4.69, 9.17) is 10.5 Å². The molecule has 0 bridgehead atoms. The van der Waals surface area contributed by atoms with Crippen molar-refractivity contribution in [2.45, 2.75) is 25.4 Å². The summed E-state index contributed by atoms with van der Waals surface area (Å²) < 4.78 is 19.5. The van der Waals surface area contributed by atoms with Crippen molar-refractivity contribution in [3.8, 4) is 0 Å². The third kappa shape index (κ3) is 3.05. The molecule has 0 spiro atoms. The number of rotatable bonds is 3. The summed E-state index contributed by atoms with van der Waals surface area (Å²) in [6.45, 7) is 7.40. The standard InChI is InChI=1S/C16H24FN3O/c1-12(18)16-14(17)3-2-4-15(16)20-6-5-13(11-20)19-7-9-21-10-8-19/h2-4,12-13H,5-11,18H2,1H3/t12-,13?/m1/s1. The highest BCUT2D eigenvalue weighted by molar-refractivity contribution is 5.56. The van der Waals surface area contributed by atoms with E-state index in [0.717, 1.165) is 51.5 Å². The van der Waals surface area contributed by atoms with Crippen LogP contribution in [-0.4, -0.2) is 50.3 Å². The molecule has 3 rings (SSSR count). The van der Waals surface area contributed by atoms with Gasteiger partial charge >= 0.3 is 0 Å². The number of nitrogens with zero attached hydrogens (tertiary/aromatic N) is 2. The smallest absolute Gasteiger partial charge is 0.130 e. The summed E-state index contributed by atoms with van der Waals surface area (Å²) in [6.07, 6.45) is 1.12. The number of hydrogen-bond acceptors (Lipinski definition) is 4. The Morgan fingerprint density at radius 3 is 2.76 bits per heavy atom. The molecule has 1 unspecified atom stereocenters. The van der Waals surface area contributed by atoms with E-state index >= 15 is 0 Å². The number of ether oxygens (including phenoxy) is 1. The first kappa shape index (κ1) is 14.8. The minimum Gasteiger partial charge on any atom is -0.379 e. The van der Waals surface area contributed by atoms with E-state index < -0.39 is 0 Å². The molecule has 4 nitrogen and oxygen atoms in total. The summed E-state index contributed by atoms with van der Waals surface area (Å²) in [6, 6.07) is 5.52. The molecule has 2 aliphatic rings. The molecule has 0 aromatic heterocycles. The van der Waals surface area contributed by atoms with Crippen molar-refractivity contribution in [3.63, 3.8) is 0 Å². The van der Waals surface area contributed by atoms with Gasteiger partial charge < -0.3 is 15.4 Å². The number of halogens is 1. The fourth-order valence-corrected chi connectivity index (χ4v) is 3.45. The van der Waals surface area contributed by atoms with Crippen LogP contribution in [0.2, 0.25) is 0 Å². The van der Waals surface area contributed by atoms with E-state index in [-0.39, 0.29) is 11.9 Å². The minimum atomic E-state index is -0.288. The van der Waals surface area contributed by atoms with Crippen molar-refractivity contribution in [2.75, 3.05) is 44.3 Å². The van der Waals surface area contributed by atoms with E-state index in [1.54, 1.807) is 6.07 Å². The van der Waals surface area contributed by atoms with Gasteiger partial charge in [-0.25, -0.2) is 4.39 Å². The molecule has 2 fully saturated rings. The lowest BCUT2D eigenvalue weighted by atomic mass is 10.1. The van der Waals surface area contributed by atoms with Gasteiger partial charge in [0.05, 0.1) is 13.2 Å². The molecule has 116 valence electrons. The highest BCUT2D eigenvalue weighted by atomic mass is 19.1. The van der Waals surface area contributed by atoms with Gasteiger partial charge in [0, 0.05) is 49.5 Å². The largest absolute Gasteiger partial charge is 0.379 e. The van der Waals surface area contributed by atoms with Crippen LogP contribution >= 0.6 is 0 Å². The van der Waals surface area contributed by atoms with Gasteiger partial charge in [0.25, 0.3) is 0 Å². The lowest BCUT2D eigenvalue weighted by Gasteiger charge is -2.32. The third-order valence-electron chi connectivity index (χ3n) is 4.55. The molecule has 2 N–H and O–H groups in total. The lowest BCUT2D eigenvalue weighted by molar-refractivity contribution is 0.0209. The second kappa shape index (κ2) is 6.30. The zero-order valence-corrected chi connectivity index (χ0v) is 12.6. The van der Waals surface area contributed by atoms with Gasteiger partial charge in [0.15, 0.2) is 0 Å². The second-order valence-electron chi connectivity index (χ2n) is 6.00. The predicted octanol–water partition coefficient (Wildman–Crippen LogP) is 1.76. The third-order valence-corrected chi connectivity index (χ3v) is 4.55. The Bertz CT molecular complexity index is 488. The molecule has 2 aliphatic heterocycles. The molecule has 2 saturated heterocycles. The van der Waals surface area contributed by atoms with Crippen molar-refractivity contribution in [1.82, 2.24) is 4.90 Å². The zero-order valence-electron chi connectivity index (χ0n) is 12.6. The Kier molecular flexibility index (Phi) is 4.42. The maximum atomic E-state index is 14.1. The van der Waals surface area contributed by atoms with E-state index in [9.17, 15) is 4.39 Å². The maximum Gasteiger partial charge on any atom is 0.130 e. The molecule has 0 amide bonds. The van der Waals surface area contributed by atoms with Gasteiger partial charge in [0.1, 0.15) is 5.82 Å². The summed E-state index contributed by atoms with van der Waals surface area (Å²) >= 11 is 0. The van der Waals surface area contributed by atoms with Gasteiger partial charge in [0.2, 0.25) is 0 Å². The predicted molar refractivity (Wildman–Crippen MR) is 82.0 cm³/mol. The number of benzene rings is 1. The van der Waals surface area contributed by atoms with Gasteiger partial charge in [-0.05, 0) is 25.5 Å². The molecule has 2 heterocycles. The van der Waals surface area contributed by atoms with E-state index in [0.29, 0.717) is 11.6 Å². The summed E-state index contributed by atoms with van der Waals surface area (Å²) in [5, 5.41) is 0. The van der Waals surface area contributed by atoms with E-state index in [1.165, 1.54) is 6.07 Å². The second-order valence-corrected chi connectivity index (χ2v) is 6.00. The Hall–Kier alpha value is -1.17. The zero-order chi connectivity index (χ0) is 14.8. The molecular formula is C16H24FN3O. The van der Waals surface area contributed by atoms with Crippen LogP contribution in [0.25, 0.3) is 0 Å². The summed E-state index contributed by atoms with van der Waals surface area (Å²) in [5.74, 6) is -0.197. The van der Waals surface area contributed by atoms with Crippen molar-refractivity contribution in [2.24, 2.45) is 5.73 Å². The van der Waals surface area contributed by atoms with Crippen LogP contribution < -0.4 is 10.6 Å². The van der Waals surface area contributed by atoms with Crippen LogP contribution in [0.15, 0.2) is 18.2 Å². The minimum absolute atomic E-state index is 0.197. The molecule has 0 aliphatic carbocycles. The molecule has 1 aromatic rings. The quantitative estimate of drug-likeness (QED) is 0.922. The van der Waals surface area contributed by atoms with Crippen LogP contribution in [0.1, 0.15) is 24.9 Å². The highest BCUT2D eigenvalue weighted by Gasteiger charge is 2.30. The highest BCUT2D eigenvalue weighted by Crippen LogP contribution is 2.31. The summed E-state index contributed by atoms with van der Waals surface area (Å²) in [7, 11) is 0. The molecular weight excluding hydrogens is 269 g/mol. The first-order valence-electron chi connectivity index (χ1n) is 7.77. The number of hydrogen-bond donors (Lipinski definition) is 1. The van der Waals surface area contributed by atoms with Crippen molar-refractivity contribution >= 4 is 5.69 Å². The fourth-order valence-electron chi connectivity index (χ4n) is 3.45. The van der Waals surface area contributed by atoms with E-state index in [1.807, 2.05) is 13.0 Å². The fraction of sp³-hybridized carbons (Fsp3) is 0.625. The Balaban J connectivity index is 1.75. The number of anilines is 1. The summed E-state index contributed by atoms with van der Waals surface area (Å²) in [4.78, 5) is 4.77. The molecule has 0 radical (unpaired) electrons. The molecule has 1 aromatic carbocycles. The Morgan fingerprint density at radius 1 is 1.29 bits per heavy atom. The van der Waals surface area contributed by atoms with Crippen LogP contribution in [0, 0.1) is 5.82 Å². The summed E-state index contributed by atoms with van der Waals surface area (Å²) in [5.41, 5.74) is 7.56.